The van der Waals surface area contributed by atoms with Crippen LogP contribution in [0, 0.1) is 0 Å². The molecule has 1 aromatic rings. The summed E-state index contributed by atoms with van der Waals surface area (Å²) in [5.41, 5.74) is 0.909. The summed E-state index contributed by atoms with van der Waals surface area (Å²) >= 11 is 0. The van der Waals surface area contributed by atoms with Gasteiger partial charge in [-0.1, -0.05) is 30.3 Å². The van der Waals surface area contributed by atoms with Crippen LogP contribution in [0.5, 0.6) is 0 Å². The molecule has 126 valence electrons. The lowest BCUT2D eigenvalue weighted by Crippen LogP contribution is -2.47. The van der Waals surface area contributed by atoms with Gasteiger partial charge in [0, 0.05) is 6.54 Å². The number of alkyl halides is 1. The fourth-order valence-corrected chi connectivity index (χ4v) is 2.29. The van der Waals surface area contributed by atoms with Crippen LogP contribution in [0.1, 0.15) is 18.4 Å². The standard InChI is InChI=1S/C16H21FN2O4/c17-8-9-18-15(20)14-7-6-13(11-22-14)19-16(21)23-10-12-4-2-1-3-5-12/h1-5,13-14H,6-11H2,(H,18,20)(H,19,21)/t13-,14+/m1/s1. The number of nitrogens with one attached hydrogen (secondary N) is 2. The summed E-state index contributed by atoms with van der Waals surface area (Å²) in [7, 11) is 0. The van der Waals surface area contributed by atoms with Crippen molar-refractivity contribution in [3.05, 3.63) is 35.9 Å². The van der Waals surface area contributed by atoms with E-state index < -0.39 is 18.9 Å². The third-order valence-corrected chi connectivity index (χ3v) is 3.50. The van der Waals surface area contributed by atoms with Crippen LogP contribution in [0.2, 0.25) is 0 Å². The maximum atomic E-state index is 12.0. The molecular weight excluding hydrogens is 303 g/mol. The van der Waals surface area contributed by atoms with E-state index in [2.05, 4.69) is 10.6 Å². The smallest absolute Gasteiger partial charge is 0.407 e. The summed E-state index contributed by atoms with van der Waals surface area (Å²) in [6.07, 6.45) is -0.0154. The number of benzene rings is 1. The molecule has 2 rings (SSSR count). The molecule has 2 N–H and O–H groups in total. The van der Waals surface area contributed by atoms with E-state index in [9.17, 15) is 14.0 Å². The van der Waals surface area contributed by atoms with E-state index in [0.29, 0.717) is 12.8 Å². The molecule has 0 bridgehead atoms. The second-order valence-corrected chi connectivity index (χ2v) is 5.28. The van der Waals surface area contributed by atoms with E-state index >= 15 is 0 Å². The van der Waals surface area contributed by atoms with E-state index in [-0.39, 0.29) is 31.7 Å². The number of amides is 2. The zero-order valence-corrected chi connectivity index (χ0v) is 12.8. The van der Waals surface area contributed by atoms with Crippen molar-refractivity contribution in [1.82, 2.24) is 10.6 Å². The molecule has 0 aromatic heterocycles. The van der Waals surface area contributed by atoms with Gasteiger partial charge in [-0.2, -0.15) is 0 Å². The van der Waals surface area contributed by atoms with Crippen molar-refractivity contribution < 1.29 is 23.5 Å². The third kappa shape index (κ3) is 5.86. The van der Waals surface area contributed by atoms with Crippen LogP contribution in [0.3, 0.4) is 0 Å². The van der Waals surface area contributed by atoms with Crippen molar-refractivity contribution in [3.8, 4) is 0 Å². The molecule has 1 heterocycles. The number of hydrogen-bond donors (Lipinski definition) is 2. The Morgan fingerprint density at radius 2 is 2.04 bits per heavy atom. The van der Waals surface area contributed by atoms with E-state index in [4.69, 9.17) is 9.47 Å². The maximum absolute atomic E-state index is 12.0. The molecule has 7 heteroatoms. The SMILES string of the molecule is O=C(N[C@@H]1CC[C@@H](C(=O)NCCF)OC1)OCc1ccccc1. The van der Waals surface area contributed by atoms with Gasteiger partial charge in [0.05, 0.1) is 12.6 Å². The van der Waals surface area contributed by atoms with Crippen LogP contribution >= 0.6 is 0 Å². The predicted octanol–water partition coefficient (Wildman–Crippen LogP) is 1.55. The number of hydrogen-bond acceptors (Lipinski definition) is 4. The maximum Gasteiger partial charge on any atom is 0.407 e. The summed E-state index contributed by atoms with van der Waals surface area (Å²) in [6, 6.07) is 9.20. The van der Waals surface area contributed by atoms with Gasteiger partial charge in [0.15, 0.2) is 0 Å². The van der Waals surface area contributed by atoms with Crippen molar-refractivity contribution in [2.45, 2.75) is 31.6 Å². The Bertz CT molecular complexity index is 504. The molecule has 23 heavy (non-hydrogen) atoms. The first-order valence-corrected chi connectivity index (χ1v) is 7.61. The fraction of sp³-hybridized carbons (Fsp3) is 0.500. The van der Waals surface area contributed by atoms with Crippen molar-refractivity contribution in [1.29, 1.82) is 0 Å². The van der Waals surface area contributed by atoms with Crippen LogP contribution in [0.15, 0.2) is 30.3 Å². The first kappa shape index (κ1) is 17.2. The minimum absolute atomic E-state index is 0.00775. The first-order chi connectivity index (χ1) is 11.2. The van der Waals surface area contributed by atoms with E-state index in [1.165, 1.54) is 0 Å². The number of carbonyl (C=O) groups excluding carboxylic acids is 2. The molecule has 0 aliphatic carbocycles. The zero-order valence-electron chi connectivity index (χ0n) is 12.8. The minimum atomic E-state index is -0.601. The van der Waals surface area contributed by atoms with Crippen LogP contribution in [0.25, 0.3) is 0 Å². The zero-order chi connectivity index (χ0) is 16.5. The fourth-order valence-electron chi connectivity index (χ4n) is 2.29. The van der Waals surface area contributed by atoms with Gasteiger partial charge in [-0.15, -0.1) is 0 Å². The molecule has 1 aliphatic rings. The monoisotopic (exact) mass is 324 g/mol. The molecule has 0 saturated carbocycles. The largest absolute Gasteiger partial charge is 0.445 e. The van der Waals surface area contributed by atoms with Gasteiger partial charge in [0.1, 0.15) is 19.4 Å². The summed E-state index contributed by atoms with van der Waals surface area (Å²) in [4.78, 5) is 23.4. The number of rotatable bonds is 6. The van der Waals surface area contributed by atoms with Gasteiger partial charge >= 0.3 is 6.09 Å². The molecule has 1 fully saturated rings. The highest BCUT2D eigenvalue weighted by Gasteiger charge is 2.27. The molecule has 2 amide bonds. The predicted molar refractivity (Wildman–Crippen MR) is 81.5 cm³/mol. The lowest BCUT2D eigenvalue weighted by atomic mass is 10.0. The Morgan fingerprint density at radius 1 is 1.26 bits per heavy atom. The molecule has 1 aliphatic heterocycles. The van der Waals surface area contributed by atoms with Crippen molar-refractivity contribution in [2.24, 2.45) is 0 Å². The lowest BCUT2D eigenvalue weighted by molar-refractivity contribution is -0.136. The highest BCUT2D eigenvalue weighted by molar-refractivity contribution is 5.80. The molecule has 0 spiro atoms. The molecule has 0 radical (unpaired) electrons. The van der Waals surface area contributed by atoms with Gasteiger partial charge < -0.3 is 20.1 Å². The third-order valence-electron chi connectivity index (χ3n) is 3.50. The highest BCUT2D eigenvalue weighted by atomic mass is 19.1. The van der Waals surface area contributed by atoms with Crippen molar-refractivity contribution in [2.75, 3.05) is 19.8 Å². The number of halogens is 1. The van der Waals surface area contributed by atoms with Gasteiger partial charge in [0.25, 0.3) is 0 Å². The first-order valence-electron chi connectivity index (χ1n) is 7.61. The number of ether oxygens (including phenoxy) is 2. The summed E-state index contributed by atoms with van der Waals surface area (Å²) < 4.78 is 22.5. The number of carbonyl (C=O) groups is 2. The average Bonchev–Trinajstić information content (AvgIpc) is 2.59. The van der Waals surface area contributed by atoms with Gasteiger partial charge in [0.2, 0.25) is 5.91 Å². The minimum Gasteiger partial charge on any atom is -0.445 e. The van der Waals surface area contributed by atoms with Crippen LogP contribution in [-0.2, 0) is 20.9 Å². The summed E-state index contributed by atoms with van der Waals surface area (Å²) in [5, 5.41) is 5.16. The molecule has 2 atom stereocenters. The Morgan fingerprint density at radius 3 is 2.70 bits per heavy atom. The number of alkyl carbamates (subject to hydrolysis) is 1. The Hall–Kier alpha value is -2.15. The van der Waals surface area contributed by atoms with Gasteiger partial charge in [-0.05, 0) is 18.4 Å². The van der Waals surface area contributed by atoms with Gasteiger partial charge in [-0.3, -0.25) is 4.79 Å². The molecule has 0 unspecified atom stereocenters. The normalized spacial score (nSPS) is 20.6. The molecular formula is C16H21FN2O4. The topological polar surface area (TPSA) is 76.7 Å². The Balaban J connectivity index is 1.65. The van der Waals surface area contributed by atoms with Crippen LogP contribution in [-0.4, -0.2) is 44.0 Å². The average molecular weight is 324 g/mol. The molecule has 1 saturated heterocycles. The lowest BCUT2D eigenvalue weighted by Gasteiger charge is -2.28. The second-order valence-electron chi connectivity index (χ2n) is 5.28. The van der Waals surface area contributed by atoms with Crippen LogP contribution < -0.4 is 10.6 Å². The van der Waals surface area contributed by atoms with E-state index in [0.717, 1.165) is 5.56 Å². The Kier molecular flexibility index (Phi) is 6.80. The Labute approximate surface area is 134 Å². The molecule has 6 nitrogen and oxygen atoms in total. The van der Waals surface area contributed by atoms with Crippen LogP contribution in [0.4, 0.5) is 9.18 Å². The summed E-state index contributed by atoms with van der Waals surface area (Å²) in [6.45, 7) is -0.176. The molecule has 1 aromatic carbocycles. The van der Waals surface area contributed by atoms with E-state index in [1.54, 1.807) is 0 Å². The quantitative estimate of drug-likeness (QED) is 0.832. The van der Waals surface area contributed by atoms with Crippen molar-refractivity contribution in [3.63, 3.8) is 0 Å². The van der Waals surface area contributed by atoms with E-state index in [1.807, 2.05) is 30.3 Å². The second kappa shape index (κ2) is 9.09. The van der Waals surface area contributed by atoms with Gasteiger partial charge in [-0.25, -0.2) is 9.18 Å². The van der Waals surface area contributed by atoms with Crippen molar-refractivity contribution >= 4 is 12.0 Å². The highest BCUT2D eigenvalue weighted by Crippen LogP contribution is 2.14. The summed E-state index contributed by atoms with van der Waals surface area (Å²) in [5.74, 6) is -0.312.